The number of ether oxygens (including phenoxy) is 1. The SMILES string of the molecule is O=C1c2ccccc2C(=O)c2cc(S(=O)(=O)N3CCN(C(=O)C4CCCO4)CC3)ccc21. The van der Waals surface area contributed by atoms with Crippen LogP contribution in [-0.2, 0) is 19.6 Å². The number of hydrogen-bond acceptors (Lipinski definition) is 6. The zero-order valence-electron chi connectivity index (χ0n) is 17.3. The third-order valence-electron chi connectivity index (χ3n) is 6.29. The molecule has 2 aromatic rings. The molecule has 0 spiro atoms. The summed E-state index contributed by atoms with van der Waals surface area (Å²) in [7, 11) is -3.88. The summed E-state index contributed by atoms with van der Waals surface area (Å²) in [5.41, 5.74) is 0.912. The summed E-state index contributed by atoms with van der Waals surface area (Å²) in [4.78, 5) is 39.8. The monoisotopic (exact) mass is 454 g/mol. The lowest BCUT2D eigenvalue weighted by molar-refractivity contribution is -0.142. The van der Waals surface area contributed by atoms with Crippen molar-refractivity contribution in [1.29, 1.82) is 0 Å². The van der Waals surface area contributed by atoms with Crippen LogP contribution in [0.25, 0.3) is 0 Å². The first kappa shape index (κ1) is 21.0. The number of carbonyl (C=O) groups excluding carboxylic acids is 3. The van der Waals surface area contributed by atoms with Crippen molar-refractivity contribution in [3.63, 3.8) is 0 Å². The van der Waals surface area contributed by atoms with Crippen molar-refractivity contribution < 1.29 is 27.5 Å². The van der Waals surface area contributed by atoms with Crippen molar-refractivity contribution in [1.82, 2.24) is 9.21 Å². The van der Waals surface area contributed by atoms with Crippen LogP contribution in [0.15, 0.2) is 47.4 Å². The van der Waals surface area contributed by atoms with Crippen molar-refractivity contribution in [2.45, 2.75) is 23.8 Å². The fourth-order valence-electron chi connectivity index (χ4n) is 4.51. The molecule has 0 radical (unpaired) electrons. The van der Waals surface area contributed by atoms with E-state index in [0.717, 1.165) is 6.42 Å². The number of sulfonamides is 1. The Morgan fingerprint density at radius 2 is 1.50 bits per heavy atom. The lowest BCUT2D eigenvalue weighted by Gasteiger charge is -2.35. The largest absolute Gasteiger partial charge is 0.368 e. The second-order valence-electron chi connectivity index (χ2n) is 8.14. The molecule has 0 saturated carbocycles. The predicted molar refractivity (Wildman–Crippen MR) is 114 cm³/mol. The van der Waals surface area contributed by atoms with Crippen molar-refractivity contribution in [2.24, 2.45) is 0 Å². The number of benzene rings is 2. The first-order chi connectivity index (χ1) is 15.4. The predicted octanol–water partition coefficient (Wildman–Crippen LogP) is 1.47. The maximum atomic E-state index is 13.2. The average Bonchev–Trinajstić information content (AvgIpc) is 3.37. The average molecular weight is 455 g/mol. The second kappa shape index (κ2) is 7.91. The van der Waals surface area contributed by atoms with Crippen LogP contribution in [0.1, 0.15) is 44.7 Å². The molecule has 0 aromatic heterocycles. The quantitative estimate of drug-likeness (QED) is 0.594. The Balaban J connectivity index is 1.37. The minimum Gasteiger partial charge on any atom is -0.368 e. The van der Waals surface area contributed by atoms with Gasteiger partial charge in [-0.15, -0.1) is 0 Å². The van der Waals surface area contributed by atoms with Crippen LogP contribution in [0.3, 0.4) is 0 Å². The number of rotatable bonds is 3. The van der Waals surface area contributed by atoms with Gasteiger partial charge in [-0.25, -0.2) is 8.42 Å². The van der Waals surface area contributed by atoms with E-state index in [1.807, 2.05) is 0 Å². The number of piperazine rings is 1. The van der Waals surface area contributed by atoms with Crippen molar-refractivity contribution >= 4 is 27.5 Å². The molecule has 0 N–H and O–H groups in total. The molecule has 2 heterocycles. The standard InChI is InChI=1S/C23H22N2O6S/c26-21-16-4-1-2-5-17(16)22(27)19-14-15(7-8-18(19)21)32(29,30)25-11-9-24(10-12-25)23(28)20-6-3-13-31-20/h1-2,4-5,7-8,14,20H,3,6,9-13H2. The van der Waals surface area contributed by atoms with Crippen molar-refractivity contribution in [3.05, 3.63) is 64.7 Å². The van der Waals surface area contributed by atoms with E-state index in [0.29, 0.717) is 18.6 Å². The van der Waals surface area contributed by atoms with E-state index in [9.17, 15) is 22.8 Å². The Hall–Kier alpha value is -2.88. The van der Waals surface area contributed by atoms with Crippen LogP contribution in [-0.4, -0.2) is 74.0 Å². The number of carbonyl (C=O) groups is 3. The van der Waals surface area contributed by atoms with Crippen LogP contribution in [0, 0.1) is 0 Å². The van der Waals surface area contributed by atoms with E-state index in [2.05, 4.69) is 0 Å². The zero-order chi connectivity index (χ0) is 22.5. The van der Waals surface area contributed by atoms with Gasteiger partial charge in [0.1, 0.15) is 6.10 Å². The van der Waals surface area contributed by atoms with E-state index >= 15 is 0 Å². The summed E-state index contributed by atoms with van der Waals surface area (Å²) < 4.78 is 33.2. The molecule has 1 aliphatic carbocycles. The molecule has 2 fully saturated rings. The van der Waals surface area contributed by atoms with Crippen LogP contribution < -0.4 is 0 Å². The molecule has 8 nitrogen and oxygen atoms in total. The van der Waals surface area contributed by atoms with Crippen LogP contribution in [0.4, 0.5) is 0 Å². The zero-order valence-corrected chi connectivity index (χ0v) is 18.1. The van der Waals surface area contributed by atoms with Gasteiger partial charge in [-0.05, 0) is 31.0 Å². The molecule has 0 bridgehead atoms. The lowest BCUT2D eigenvalue weighted by atomic mass is 9.84. The molecule has 5 rings (SSSR count). The summed E-state index contributed by atoms with van der Waals surface area (Å²) in [6, 6.07) is 10.6. The van der Waals surface area contributed by atoms with Gasteiger partial charge >= 0.3 is 0 Å². The molecule has 3 aliphatic rings. The third kappa shape index (κ3) is 3.37. The number of amides is 1. The Morgan fingerprint density at radius 3 is 2.12 bits per heavy atom. The minimum atomic E-state index is -3.88. The van der Waals surface area contributed by atoms with Gasteiger partial charge < -0.3 is 9.64 Å². The highest BCUT2D eigenvalue weighted by atomic mass is 32.2. The van der Waals surface area contributed by atoms with Crippen molar-refractivity contribution in [3.8, 4) is 0 Å². The first-order valence-corrected chi connectivity index (χ1v) is 12.0. The fraction of sp³-hybridized carbons (Fsp3) is 0.348. The lowest BCUT2D eigenvalue weighted by Crippen LogP contribution is -2.52. The first-order valence-electron chi connectivity index (χ1n) is 10.6. The summed E-state index contributed by atoms with van der Waals surface area (Å²) in [5, 5.41) is 0. The molecular weight excluding hydrogens is 432 g/mol. The highest BCUT2D eigenvalue weighted by molar-refractivity contribution is 7.89. The van der Waals surface area contributed by atoms with Gasteiger partial charge in [0.25, 0.3) is 5.91 Å². The van der Waals surface area contributed by atoms with Gasteiger partial charge in [0.15, 0.2) is 11.6 Å². The molecule has 166 valence electrons. The Kier molecular flexibility index (Phi) is 5.19. The maximum absolute atomic E-state index is 13.2. The minimum absolute atomic E-state index is 0.0318. The maximum Gasteiger partial charge on any atom is 0.251 e. The molecule has 9 heteroatoms. The number of nitrogens with zero attached hydrogens (tertiary/aromatic N) is 2. The van der Waals surface area contributed by atoms with E-state index in [-0.39, 0.29) is 65.2 Å². The topological polar surface area (TPSA) is 101 Å². The highest BCUT2D eigenvalue weighted by Gasteiger charge is 2.36. The molecule has 2 aliphatic heterocycles. The van der Waals surface area contributed by atoms with Crippen molar-refractivity contribution in [2.75, 3.05) is 32.8 Å². The van der Waals surface area contributed by atoms with E-state index in [4.69, 9.17) is 4.74 Å². The summed E-state index contributed by atoms with van der Waals surface area (Å²) >= 11 is 0. The van der Waals surface area contributed by atoms with Crippen LogP contribution >= 0.6 is 0 Å². The normalized spacial score (nSPS) is 21.4. The number of fused-ring (bicyclic) bond motifs is 2. The molecule has 1 amide bonds. The summed E-state index contributed by atoms with van der Waals surface area (Å²) in [6.07, 6.45) is 1.13. The Morgan fingerprint density at radius 1 is 0.875 bits per heavy atom. The van der Waals surface area contributed by atoms with Crippen LogP contribution in [0.5, 0.6) is 0 Å². The van der Waals surface area contributed by atoms with Gasteiger partial charge in [-0.2, -0.15) is 4.31 Å². The highest BCUT2D eigenvalue weighted by Crippen LogP contribution is 2.30. The number of hydrogen-bond donors (Lipinski definition) is 0. The Bertz CT molecular complexity index is 1220. The van der Waals surface area contributed by atoms with Gasteiger partial charge in [-0.3, -0.25) is 14.4 Å². The van der Waals surface area contributed by atoms with E-state index in [1.165, 1.54) is 22.5 Å². The molecule has 2 saturated heterocycles. The van der Waals surface area contributed by atoms with E-state index in [1.54, 1.807) is 29.2 Å². The summed E-state index contributed by atoms with van der Waals surface area (Å²) in [6.45, 7) is 1.47. The number of ketones is 2. The fourth-order valence-corrected chi connectivity index (χ4v) is 5.96. The molecule has 32 heavy (non-hydrogen) atoms. The van der Waals surface area contributed by atoms with Gasteiger partial charge in [-0.1, -0.05) is 24.3 Å². The van der Waals surface area contributed by atoms with E-state index < -0.39 is 16.1 Å². The van der Waals surface area contributed by atoms with Crippen LogP contribution in [0.2, 0.25) is 0 Å². The second-order valence-corrected chi connectivity index (χ2v) is 10.1. The van der Waals surface area contributed by atoms with Gasteiger partial charge in [0.2, 0.25) is 10.0 Å². The Labute approximate surface area is 185 Å². The molecule has 1 unspecified atom stereocenters. The van der Waals surface area contributed by atoms with Gasteiger partial charge in [0, 0.05) is 55.0 Å². The molecule has 2 aromatic carbocycles. The molecular formula is C23H22N2O6S. The third-order valence-corrected chi connectivity index (χ3v) is 8.18. The smallest absolute Gasteiger partial charge is 0.251 e. The van der Waals surface area contributed by atoms with Gasteiger partial charge in [0.05, 0.1) is 4.90 Å². The summed E-state index contributed by atoms with van der Waals surface area (Å²) in [5.74, 6) is -0.740. The molecule has 1 atom stereocenters.